The number of rotatable bonds is 5. The van der Waals surface area contributed by atoms with Gasteiger partial charge in [0.25, 0.3) is 5.91 Å². The number of hydrogen-bond donors (Lipinski definition) is 2. The zero-order valence-electron chi connectivity index (χ0n) is 17.3. The van der Waals surface area contributed by atoms with Crippen molar-refractivity contribution in [3.05, 3.63) is 70.0 Å². The number of para-hydroxylation sites is 1. The van der Waals surface area contributed by atoms with Crippen molar-refractivity contribution in [2.75, 3.05) is 10.6 Å². The van der Waals surface area contributed by atoms with E-state index in [-0.39, 0.29) is 24.1 Å². The number of anilines is 2. The maximum Gasteiger partial charge on any atom is 0.278 e. The third-order valence-corrected chi connectivity index (χ3v) is 4.88. The minimum Gasteiger partial charge on any atom is -0.324 e. The third-order valence-electron chi connectivity index (χ3n) is 4.88. The van der Waals surface area contributed by atoms with E-state index >= 15 is 0 Å². The largest absolute Gasteiger partial charge is 0.324 e. The lowest BCUT2D eigenvalue weighted by Gasteiger charge is -2.12. The average Bonchev–Trinajstić information content (AvgIpc) is 3.02. The van der Waals surface area contributed by atoms with E-state index in [1.807, 2.05) is 64.1 Å². The van der Waals surface area contributed by atoms with E-state index in [0.717, 1.165) is 33.6 Å². The molecule has 1 aromatic heterocycles. The minimum atomic E-state index is -0.349. The molecule has 0 aliphatic heterocycles. The standard InChI is InChI=1S/C22H25N5O2/c1-13-9-10-14(2)18(11-13)23-22(29)21-17(5)27(26-25-21)12-19(28)24-20-15(3)7-6-8-16(20)4/h6-11H,12H2,1-5H3,(H,23,29)(H,24,28). The summed E-state index contributed by atoms with van der Waals surface area (Å²) in [6.45, 7) is 9.48. The number of carbonyl (C=O) groups is 2. The quantitative estimate of drug-likeness (QED) is 0.694. The Bertz CT molecular complexity index is 1060. The van der Waals surface area contributed by atoms with E-state index in [1.165, 1.54) is 4.68 Å². The van der Waals surface area contributed by atoms with Crippen molar-refractivity contribution in [2.24, 2.45) is 0 Å². The van der Waals surface area contributed by atoms with Gasteiger partial charge in [-0.15, -0.1) is 5.10 Å². The Balaban J connectivity index is 1.72. The molecule has 3 aromatic rings. The second-order valence-corrected chi connectivity index (χ2v) is 7.27. The molecule has 0 unspecified atom stereocenters. The average molecular weight is 391 g/mol. The first kappa shape index (κ1) is 20.3. The molecule has 0 atom stereocenters. The zero-order chi connectivity index (χ0) is 21.1. The Hall–Kier alpha value is -3.48. The fraction of sp³-hybridized carbons (Fsp3) is 0.273. The van der Waals surface area contributed by atoms with E-state index in [4.69, 9.17) is 0 Å². The van der Waals surface area contributed by atoms with Crippen LogP contribution in [0.5, 0.6) is 0 Å². The molecule has 0 aliphatic carbocycles. The Morgan fingerprint density at radius 3 is 2.31 bits per heavy atom. The van der Waals surface area contributed by atoms with Crippen molar-refractivity contribution in [3.8, 4) is 0 Å². The molecule has 150 valence electrons. The molecule has 2 amide bonds. The van der Waals surface area contributed by atoms with Crippen LogP contribution in [0.25, 0.3) is 0 Å². The predicted molar refractivity (Wildman–Crippen MR) is 113 cm³/mol. The summed E-state index contributed by atoms with van der Waals surface area (Å²) in [5, 5.41) is 13.8. The lowest BCUT2D eigenvalue weighted by Crippen LogP contribution is -2.22. The van der Waals surface area contributed by atoms with E-state index < -0.39 is 0 Å². The number of nitrogens with zero attached hydrogens (tertiary/aromatic N) is 3. The maximum absolute atomic E-state index is 12.7. The van der Waals surface area contributed by atoms with Crippen LogP contribution in [0.4, 0.5) is 11.4 Å². The first-order valence-electron chi connectivity index (χ1n) is 9.41. The molecule has 0 saturated carbocycles. The molecular formula is C22H25N5O2. The van der Waals surface area contributed by atoms with Crippen molar-refractivity contribution < 1.29 is 9.59 Å². The molecule has 2 N–H and O–H groups in total. The lowest BCUT2D eigenvalue weighted by atomic mass is 10.1. The van der Waals surface area contributed by atoms with Gasteiger partial charge in [-0.25, -0.2) is 4.68 Å². The second-order valence-electron chi connectivity index (χ2n) is 7.27. The molecule has 7 heteroatoms. The van der Waals surface area contributed by atoms with Crippen LogP contribution in [-0.4, -0.2) is 26.8 Å². The number of aryl methyl sites for hydroxylation is 4. The van der Waals surface area contributed by atoms with Gasteiger partial charge in [-0.3, -0.25) is 9.59 Å². The fourth-order valence-corrected chi connectivity index (χ4v) is 3.10. The number of nitrogens with one attached hydrogen (secondary N) is 2. The molecule has 2 aromatic carbocycles. The Kier molecular flexibility index (Phi) is 5.77. The van der Waals surface area contributed by atoms with Crippen molar-refractivity contribution in [1.82, 2.24) is 15.0 Å². The van der Waals surface area contributed by atoms with Crippen LogP contribution in [-0.2, 0) is 11.3 Å². The highest BCUT2D eigenvalue weighted by Crippen LogP contribution is 2.20. The summed E-state index contributed by atoms with van der Waals surface area (Å²) in [6, 6.07) is 11.7. The van der Waals surface area contributed by atoms with Crippen molar-refractivity contribution >= 4 is 23.2 Å². The summed E-state index contributed by atoms with van der Waals surface area (Å²) in [4.78, 5) is 25.1. The summed E-state index contributed by atoms with van der Waals surface area (Å²) >= 11 is 0. The van der Waals surface area contributed by atoms with Crippen molar-refractivity contribution in [3.63, 3.8) is 0 Å². The van der Waals surface area contributed by atoms with Gasteiger partial charge in [-0.1, -0.05) is 35.5 Å². The molecule has 29 heavy (non-hydrogen) atoms. The molecule has 0 bridgehead atoms. The molecule has 0 radical (unpaired) electrons. The minimum absolute atomic E-state index is 0.0244. The maximum atomic E-state index is 12.7. The summed E-state index contributed by atoms with van der Waals surface area (Å²) in [6.07, 6.45) is 0. The van der Waals surface area contributed by atoms with Gasteiger partial charge in [0.1, 0.15) is 6.54 Å². The Morgan fingerprint density at radius 1 is 0.931 bits per heavy atom. The number of benzene rings is 2. The van der Waals surface area contributed by atoms with Gasteiger partial charge < -0.3 is 10.6 Å². The van der Waals surface area contributed by atoms with Crippen LogP contribution < -0.4 is 10.6 Å². The van der Waals surface area contributed by atoms with Gasteiger partial charge in [0.15, 0.2) is 5.69 Å². The molecule has 3 rings (SSSR count). The van der Waals surface area contributed by atoms with Gasteiger partial charge in [0.2, 0.25) is 5.91 Å². The third kappa shape index (κ3) is 4.51. The molecule has 7 nitrogen and oxygen atoms in total. The molecule has 0 saturated heterocycles. The first-order valence-corrected chi connectivity index (χ1v) is 9.41. The van der Waals surface area contributed by atoms with E-state index in [9.17, 15) is 9.59 Å². The fourth-order valence-electron chi connectivity index (χ4n) is 3.10. The van der Waals surface area contributed by atoms with Crippen LogP contribution in [0.1, 0.15) is 38.4 Å². The van der Waals surface area contributed by atoms with Gasteiger partial charge in [-0.05, 0) is 62.9 Å². The molecule has 0 aliphatic rings. The summed E-state index contributed by atoms with van der Waals surface area (Å²) in [5.74, 6) is -0.575. The van der Waals surface area contributed by atoms with Crippen LogP contribution in [0.3, 0.4) is 0 Å². The number of aromatic nitrogens is 3. The van der Waals surface area contributed by atoms with Gasteiger partial charge in [0.05, 0.1) is 5.69 Å². The number of amides is 2. The van der Waals surface area contributed by atoms with Crippen LogP contribution in [0.15, 0.2) is 36.4 Å². The van der Waals surface area contributed by atoms with Crippen LogP contribution in [0, 0.1) is 34.6 Å². The van der Waals surface area contributed by atoms with E-state index in [0.29, 0.717) is 5.69 Å². The van der Waals surface area contributed by atoms with E-state index in [1.54, 1.807) is 6.92 Å². The number of hydrogen-bond acceptors (Lipinski definition) is 4. The Morgan fingerprint density at radius 2 is 1.62 bits per heavy atom. The highest BCUT2D eigenvalue weighted by molar-refractivity contribution is 6.04. The summed E-state index contributed by atoms with van der Waals surface area (Å²) in [5.41, 5.74) is 6.25. The van der Waals surface area contributed by atoms with Crippen molar-refractivity contribution in [1.29, 1.82) is 0 Å². The lowest BCUT2D eigenvalue weighted by molar-refractivity contribution is -0.117. The van der Waals surface area contributed by atoms with Crippen molar-refractivity contribution in [2.45, 2.75) is 41.2 Å². The second kappa shape index (κ2) is 8.26. The number of carbonyl (C=O) groups excluding carboxylic acids is 2. The monoisotopic (exact) mass is 391 g/mol. The topological polar surface area (TPSA) is 88.9 Å². The van der Waals surface area contributed by atoms with Crippen LogP contribution in [0.2, 0.25) is 0 Å². The predicted octanol–water partition coefficient (Wildman–Crippen LogP) is 3.71. The Labute approximate surface area is 170 Å². The molecule has 1 heterocycles. The van der Waals surface area contributed by atoms with Gasteiger partial charge in [-0.2, -0.15) is 0 Å². The highest BCUT2D eigenvalue weighted by atomic mass is 16.2. The van der Waals surface area contributed by atoms with E-state index in [2.05, 4.69) is 20.9 Å². The summed E-state index contributed by atoms with van der Waals surface area (Å²) in [7, 11) is 0. The first-order chi connectivity index (χ1) is 13.8. The normalized spacial score (nSPS) is 10.7. The van der Waals surface area contributed by atoms with Gasteiger partial charge in [0, 0.05) is 11.4 Å². The van der Waals surface area contributed by atoms with Gasteiger partial charge >= 0.3 is 0 Å². The SMILES string of the molecule is Cc1ccc(C)c(NC(=O)c2nnn(CC(=O)Nc3c(C)cccc3C)c2C)c1. The van der Waals surface area contributed by atoms with Crippen LogP contribution >= 0.6 is 0 Å². The molecular weight excluding hydrogens is 366 g/mol. The summed E-state index contributed by atoms with van der Waals surface area (Å²) < 4.78 is 1.43. The highest BCUT2D eigenvalue weighted by Gasteiger charge is 2.19. The molecule has 0 spiro atoms. The zero-order valence-corrected chi connectivity index (χ0v) is 17.3. The smallest absolute Gasteiger partial charge is 0.278 e. The molecule has 0 fully saturated rings.